The fraction of sp³-hybridized carbons (Fsp3) is 0.130. The van der Waals surface area contributed by atoms with Crippen LogP contribution >= 0.6 is 0 Å². The number of benzene rings is 3. The van der Waals surface area contributed by atoms with E-state index in [1.165, 1.54) is 0 Å². The van der Waals surface area contributed by atoms with E-state index in [0.717, 1.165) is 29.3 Å². The molecule has 0 atom stereocenters. The molecule has 0 aliphatic rings. The monoisotopic (exact) mass is 396 g/mol. The number of hydrogen-bond acceptors (Lipinski definition) is 4. The van der Waals surface area contributed by atoms with Gasteiger partial charge in [-0.05, 0) is 35.4 Å². The fourth-order valence-corrected chi connectivity index (χ4v) is 2.72. The number of rotatable bonds is 8. The molecule has 29 heavy (non-hydrogen) atoms. The molecule has 0 saturated carbocycles. The van der Waals surface area contributed by atoms with Gasteiger partial charge in [0.2, 0.25) is 5.78 Å². The highest BCUT2D eigenvalue weighted by Crippen LogP contribution is 2.21. The van der Waals surface area contributed by atoms with Gasteiger partial charge >= 0.3 is 5.97 Å². The molecule has 0 saturated heterocycles. The van der Waals surface area contributed by atoms with Crippen molar-refractivity contribution in [3.05, 3.63) is 101 Å². The Kier molecular flexibility index (Phi) is 6.68. The Morgan fingerprint density at radius 2 is 1.55 bits per heavy atom. The highest BCUT2D eigenvalue weighted by Gasteiger charge is 2.16. The average Bonchev–Trinajstić information content (AvgIpc) is 2.74. The highest BCUT2D eigenvalue weighted by molar-refractivity contribution is 5.98. The topological polar surface area (TPSA) is 52.6 Å². The Hall–Kier alpha value is -3.54. The third-order valence-corrected chi connectivity index (χ3v) is 4.15. The van der Waals surface area contributed by atoms with E-state index in [-0.39, 0.29) is 0 Å². The van der Waals surface area contributed by atoms with Crippen molar-refractivity contribution in [2.75, 3.05) is 13.2 Å². The summed E-state index contributed by atoms with van der Waals surface area (Å²) in [5.41, 5.74) is 1.52. The number of ether oxygens (including phenoxy) is 2. The van der Waals surface area contributed by atoms with Crippen molar-refractivity contribution < 1.29 is 27.8 Å². The maximum Gasteiger partial charge on any atom is 0.344 e. The lowest BCUT2D eigenvalue weighted by Gasteiger charge is -2.11. The summed E-state index contributed by atoms with van der Waals surface area (Å²) in [6, 6.07) is 19.6. The van der Waals surface area contributed by atoms with Crippen LogP contribution in [0.3, 0.4) is 0 Å². The summed E-state index contributed by atoms with van der Waals surface area (Å²) in [4.78, 5) is 23.8. The summed E-state index contributed by atoms with van der Waals surface area (Å²) in [6.07, 6.45) is 0.628. The third kappa shape index (κ3) is 5.72. The van der Waals surface area contributed by atoms with E-state index in [2.05, 4.69) is 0 Å². The first kappa shape index (κ1) is 20.2. The maximum absolute atomic E-state index is 13.6. The molecule has 0 spiro atoms. The van der Waals surface area contributed by atoms with Crippen molar-refractivity contribution in [3.8, 4) is 5.75 Å². The predicted molar refractivity (Wildman–Crippen MR) is 103 cm³/mol. The number of ketones is 1. The van der Waals surface area contributed by atoms with Gasteiger partial charge in [-0.3, -0.25) is 4.79 Å². The summed E-state index contributed by atoms with van der Waals surface area (Å²) < 4.78 is 37.1. The van der Waals surface area contributed by atoms with Gasteiger partial charge in [-0.25, -0.2) is 13.6 Å². The van der Waals surface area contributed by atoms with E-state index in [4.69, 9.17) is 9.47 Å². The number of Topliss-reactive ketones (excluding diaryl/α,β-unsaturated/α-hetero) is 1. The van der Waals surface area contributed by atoms with Crippen LogP contribution in [0, 0.1) is 11.6 Å². The smallest absolute Gasteiger partial charge is 0.344 e. The molecule has 0 heterocycles. The quantitative estimate of drug-likeness (QED) is 0.419. The molecule has 6 heteroatoms. The number of carbonyl (C=O) groups is 2. The molecule has 0 aliphatic carbocycles. The molecule has 0 aliphatic heterocycles. The molecule has 148 valence electrons. The molecule has 0 fully saturated rings. The first-order valence-corrected chi connectivity index (χ1v) is 8.91. The summed E-state index contributed by atoms with van der Waals surface area (Å²) in [6.45, 7) is -1.11. The normalized spacial score (nSPS) is 10.4. The van der Waals surface area contributed by atoms with Crippen molar-refractivity contribution in [1.82, 2.24) is 0 Å². The van der Waals surface area contributed by atoms with Gasteiger partial charge in [-0.2, -0.15) is 0 Å². The zero-order valence-electron chi connectivity index (χ0n) is 15.4. The van der Waals surface area contributed by atoms with Crippen molar-refractivity contribution in [3.63, 3.8) is 0 Å². The number of hydrogen-bond donors (Lipinski definition) is 0. The van der Waals surface area contributed by atoms with Gasteiger partial charge < -0.3 is 9.47 Å². The standard InChI is InChI=1S/C23H18F2O4/c24-18-10-11-20(25)19(13-18)21(26)14-29-23(27)15-28-22-9-5-4-8-17(22)12-16-6-2-1-3-7-16/h1-11,13H,12,14-15H2. The van der Waals surface area contributed by atoms with Gasteiger partial charge in [0.15, 0.2) is 13.2 Å². The Morgan fingerprint density at radius 1 is 0.828 bits per heavy atom. The van der Waals surface area contributed by atoms with Crippen molar-refractivity contribution in [2.45, 2.75) is 6.42 Å². The molecule has 0 aromatic heterocycles. The van der Waals surface area contributed by atoms with Crippen LogP contribution in [0.5, 0.6) is 5.75 Å². The minimum absolute atomic E-state index is 0.412. The number of para-hydroxylation sites is 1. The molecule has 0 radical (unpaired) electrons. The Bertz CT molecular complexity index is 1000. The minimum Gasteiger partial charge on any atom is -0.482 e. The first-order valence-electron chi connectivity index (χ1n) is 8.91. The molecule has 4 nitrogen and oxygen atoms in total. The molecule has 0 bridgehead atoms. The van der Waals surface area contributed by atoms with Gasteiger partial charge in [-0.1, -0.05) is 48.5 Å². The Balaban J connectivity index is 1.54. The summed E-state index contributed by atoms with van der Waals surface area (Å²) in [5, 5.41) is 0. The van der Waals surface area contributed by atoms with Gasteiger partial charge in [0.25, 0.3) is 0 Å². The molecule has 0 unspecified atom stereocenters. The second-order valence-electron chi connectivity index (χ2n) is 6.27. The lowest BCUT2D eigenvalue weighted by molar-refractivity contribution is -0.144. The van der Waals surface area contributed by atoms with Crippen LogP contribution in [0.1, 0.15) is 21.5 Å². The molecule has 3 aromatic rings. The van der Waals surface area contributed by atoms with Crippen LogP contribution in [0.2, 0.25) is 0 Å². The first-order chi connectivity index (χ1) is 14.0. The summed E-state index contributed by atoms with van der Waals surface area (Å²) in [7, 11) is 0. The van der Waals surface area contributed by atoms with E-state index in [9.17, 15) is 18.4 Å². The summed E-state index contributed by atoms with van der Waals surface area (Å²) >= 11 is 0. The van der Waals surface area contributed by atoms with E-state index < -0.39 is 42.2 Å². The molecule has 3 aromatic carbocycles. The van der Waals surface area contributed by atoms with E-state index in [0.29, 0.717) is 12.2 Å². The van der Waals surface area contributed by atoms with Crippen LogP contribution in [0.25, 0.3) is 0 Å². The van der Waals surface area contributed by atoms with E-state index in [1.807, 2.05) is 42.5 Å². The zero-order valence-corrected chi connectivity index (χ0v) is 15.4. The van der Waals surface area contributed by atoms with Gasteiger partial charge in [-0.15, -0.1) is 0 Å². The van der Waals surface area contributed by atoms with Crippen LogP contribution in [0.15, 0.2) is 72.8 Å². The zero-order chi connectivity index (χ0) is 20.6. The second kappa shape index (κ2) is 9.59. The number of halogens is 2. The van der Waals surface area contributed by atoms with Crippen LogP contribution < -0.4 is 4.74 Å². The van der Waals surface area contributed by atoms with Gasteiger partial charge in [0.1, 0.15) is 17.4 Å². The highest BCUT2D eigenvalue weighted by atomic mass is 19.1. The van der Waals surface area contributed by atoms with Crippen molar-refractivity contribution in [2.24, 2.45) is 0 Å². The molecular weight excluding hydrogens is 378 g/mol. The molecule has 0 N–H and O–H groups in total. The van der Waals surface area contributed by atoms with Crippen molar-refractivity contribution >= 4 is 11.8 Å². The third-order valence-electron chi connectivity index (χ3n) is 4.15. The number of esters is 1. The largest absolute Gasteiger partial charge is 0.482 e. The predicted octanol–water partition coefficient (Wildman–Crippen LogP) is 4.36. The maximum atomic E-state index is 13.6. The molecule has 3 rings (SSSR count). The van der Waals surface area contributed by atoms with Crippen LogP contribution in [0.4, 0.5) is 8.78 Å². The van der Waals surface area contributed by atoms with Crippen LogP contribution in [-0.2, 0) is 16.0 Å². The van der Waals surface area contributed by atoms with Gasteiger partial charge in [0, 0.05) is 6.42 Å². The molecule has 0 amide bonds. The van der Waals surface area contributed by atoms with E-state index >= 15 is 0 Å². The molecular formula is C23H18F2O4. The van der Waals surface area contributed by atoms with Crippen molar-refractivity contribution in [1.29, 1.82) is 0 Å². The SMILES string of the molecule is O=C(COc1ccccc1Cc1ccccc1)OCC(=O)c1cc(F)ccc1F. The Labute approximate surface area is 166 Å². The van der Waals surface area contributed by atoms with Crippen LogP contribution in [-0.4, -0.2) is 25.0 Å². The van der Waals surface area contributed by atoms with E-state index in [1.54, 1.807) is 12.1 Å². The summed E-state index contributed by atoms with van der Waals surface area (Å²) in [5.74, 6) is -2.72. The minimum atomic E-state index is -0.876. The second-order valence-corrected chi connectivity index (χ2v) is 6.27. The number of carbonyl (C=O) groups excluding carboxylic acids is 2. The average molecular weight is 396 g/mol. The lowest BCUT2D eigenvalue weighted by Crippen LogP contribution is -2.20. The van der Waals surface area contributed by atoms with Gasteiger partial charge in [0.05, 0.1) is 5.56 Å². The fourth-order valence-electron chi connectivity index (χ4n) is 2.72. The Morgan fingerprint density at radius 3 is 2.34 bits per heavy atom. The lowest BCUT2D eigenvalue weighted by atomic mass is 10.0.